The standard InChI is InChI=1S/C18H22N2O/c21-18(16-12-14-7-1-3-9-15(14)19-16)20-11-5-8-13-6-2-4-10-17(13)20/h1,3,7,9,12-13,17,19H,2,4-6,8,10-11H2/t13-,17+/m1/s1. The number of piperidine rings is 1. The molecule has 2 heterocycles. The monoisotopic (exact) mass is 282 g/mol. The maximum absolute atomic E-state index is 12.9. The fourth-order valence-electron chi connectivity index (χ4n) is 4.22. The number of nitrogens with zero attached hydrogens (tertiary/aromatic N) is 1. The molecule has 21 heavy (non-hydrogen) atoms. The van der Waals surface area contributed by atoms with Gasteiger partial charge in [0, 0.05) is 23.5 Å². The number of aromatic amines is 1. The van der Waals surface area contributed by atoms with Crippen molar-refractivity contribution in [3.63, 3.8) is 0 Å². The molecule has 1 aliphatic carbocycles. The number of hydrogen-bond donors (Lipinski definition) is 1. The van der Waals surface area contributed by atoms with Gasteiger partial charge in [0.1, 0.15) is 5.69 Å². The second kappa shape index (κ2) is 5.21. The van der Waals surface area contributed by atoms with Crippen LogP contribution in [-0.2, 0) is 0 Å². The molecule has 1 aliphatic heterocycles. The molecule has 2 atom stereocenters. The molecule has 0 spiro atoms. The molecule has 1 saturated carbocycles. The number of aromatic nitrogens is 1. The minimum Gasteiger partial charge on any atom is -0.351 e. The highest BCUT2D eigenvalue weighted by Gasteiger charge is 2.36. The van der Waals surface area contributed by atoms with Crippen molar-refractivity contribution in [2.24, 2.45) is 5.92 Å². The van der Waals surface area contributed by atoms with E-state index in [4.69, 9.17) is 0 Å². The zero-order valence-electron chi connectivity index (χ0n) is 12.3. The van der Waals surface area contributed by atoms with Crippen molar-refractivity contribution in [2.75, 3.05) is 6.54 Å². The predicted octanol–water partition coefficient (Wildman–Crippen LogP) is 3.96. The van der Waals surface area contributed by atoms with Crippen LogP contribution in [0.25, 0.3) is 10.9 Å². The van der Waals surface area contributed by atoms with Crippen molar-refractivity contribution in [2.45, 2.75) is 44.6 Å². The number of rotatable bonds is 1. The van der Waals surface area contributed by atoms with E-state index in [1.165, 1.54) is 32.1 Å². The zero-order chi connectivity index (χ0) is 14.2. The number of hydrogen-bond acceptors (Lipinski definition) is 1. The zero-order valence-corrected chi connectivity index (χ0v) is 12.3. The summed E-state index contributed by atoms with van der Waals surface area (Å²) in [6, 6.07) is 10.6. The van der Waals surface area contributed by atoms with Crippen molar-refractivity contribution in [3.05, 3.63) is 36.0 Å². The molecule has 0 radical (unpaired) electrons. The lowest BCUT2D eigenvalue weighted by atomic mass is 9.78. The lowest BCUT2D eigenvalue weighted by Gasteiger charge is -2.44. The molecule has 1 amide bonds. The lowest BCUT2D eigenvalue weighted by Crippen LogP contribution is -2.49. The number of carbonyl (C=O) groups excluding carboxylic acids is 1. The Bertz CT molecular complexity index is 625. The van der Waals surface area contributed by atoms with Gasteiger partial charge in [0.25, 0.3) is 5.91 Å². The van der Waals surface area contributed by atoms with Crippen molar-refractivity contribution in [3.8, 4) is 0 Å². The van der Waals surface area contributed by atoms with Gasteiger partial charge in [-0.05, 0) is 43.7 Å². The molecular weight excluding hydrogens is 260 g/mol. The van der Waals surface area contributed by atoms with Crippen LogP contribution in [0.1, 0.15) is 49.0 Å². The number of nitrogens with one attached hydrogen (secondary N) is 1. The summed E-state index contributed by atoms with van der Waals surface area (Å²) in [5.74, 6) is 0.934. The number of H-pyrrole nitrogens is 1. The molecule has 3 heteroatoms. The van der Waals surface area contributed by atoms with E-state index in [0.717, 1.165) is 35.5 Å². The Morgan fingerprint density at radius 3 is 2.81 bits per heavy atom. The third-order valence-corrected chi connectivity index (χ3v) is 5.26. The number of amides is 1. The Kier molecular flexibility index (Phi) is 3.21. The average Bonchev–Trinajstić information content (AvgIpc) is 2.97. The molecule has 0 unspecified atom stereocenters. The first-order valence-corrected chi connectivity index (χ1v) is 8.21. The summed E-state index contributed by atoms with van der Waals surface area (Å²) in [5, 5.41) is 1.12. The van der Waals surface area contributed by atoms with Crippen molar-refractivity contribution in [1.82, 2.24) is 9.88 Å². The minimum absolute atomic E-state index is 0.197. The van der Waals surface area contributed by atoms with Crippen LogP contribution in [0.4, 0.5) is 0 Å². The molecule has 1 aromatic carbocycles. The summed E-state index contributed by atoms with van der Waals surface area (Å²) in [7, 11) is 0. The Morgan fingerprint density at radius 2 is 1.90 bits per heavy atom. The lowest BCUT2D eigenvalue weighted by molar-refractivity contribution is 0.0386. The molecule has 2 fully saturated rings. The predicted molar refractivity (Wildman–Crippen MR) is 84.3 cm³/mol. The van der Waals surface area contributed by atoms with Gasteiger partial charge >= 0.3 is 0 Å². The van der Waals surface area contributed by atoms with E-state index >= 15 is 0 Å². The van der Waals surface area contributed by atoms with Crippen LogP contribution in [0, 0.1) is 5.92 Å². The van der Waals surface area contributed by atoms with Gasteiger partial charge in [0.2, 0.25) is 0 Å². The molecule has 4 rings (SSSR count). The van der Waals surface area contributed by atoms with E-state index in [-0.39, 0.29) is 5.91 Å². The Labute approximate surface area is 125 Å². The van der Waals surface area contributed by atoms with Gasteiger partial charge < -0.3 is 9.88 Å². The molecule has 3 nitrogen and oxygen atoms in total. The van der Waals surface area contributed by atoms with Gasteiger partial charge in [-0.1, -0.05) is 31.0 Å². The third-order valence-electron chi connectivity index (χ3n) is 5.26. The Balaban J connectivity index is 1.63. The summed E-state index contributed by atoms with van der Waals surface area (Å²) in [6.07, 6.45) is 7.58. The maximum atomic E-state index is 12.9. The highest BCUT2D eigenvalue weighted by molar-refractivity contribution is 5.98. The van der Waals surface area contributed by atoms with E-state index in [1.54, 1.807) is 0 Å². The van der Waals surface area contributed by atoms with Crippen LogP contribution in [0.2, 0.25) is 0 Å². The van der Waals surface area contributed by atoms with Crippen molar-refractivity contribution < 1.29 is 4.79 Å². The summed E-state index contributed by atoms with van der Waals surface area (Å²) in [6.45, 7) is 0.926. The van der Waals surface area contributed by atoms with Crippen LogP contribution < -0.4 is 0 Å². The van der Waals surface area contributed by atoms with Gasteiger partial charge in [0.05, 0.1) is 0 Å². The molecular formula is C18H22N2O. The summed E-state index contributed by atoms with van der Waals surface area (Å²) in [4.78, 5) is 18.4. The summed E-state index contributed by atoms with van der Waals surface area (Å²) >= 11 is 0. The van der Waals surface area contributed by atoms with Crippen LogP contribution in [0.5, 0.6) is 0 Å². The van der Waals surface area contributed by atoms with Crippen LogP contribution in [0.3, 0.4) is 0 Å². The molecule has 2 aromatic rings. The second-order valence-electron chi connectivity index (χ2n) is 6.52. The fourth-order valence-corrected chi connectivity index (χ4v) is 4.22. The summed E-state index contributed by atoms with van der Waals surface area (Å²) < 4.78 is 0. The van der Waals surface area contributed by atoms with Crippen molar-refractivity contribution in [1.29, 1.82) is 0 Å². The highest BCUT2D eigenvalue weighted by Crippen LogP contribution is 2.36. The number of fused-ring (bicyclic) bond motifs is 2. The van der Waals surface area contributed by atoms with Gasteiger partial charge in [-0.3, -0.25) is 4.79 Å². The Hall–Kier alpha value is -1.77. The molecule has 1 aromatic heterocycles. The minimum atomic E-state index is 0.197. The topological polar surface area (TPSA) is 36.1 Å². The van der Waals surface area contributed by atoms with Crippen molar-refractivity contribution >= 4 is 16.8 Å². The first-order valence-electron chi connectivity index (χ1n) is 8.21. The first-order chi connectivity index (χ1) is 10.3. The second-order valence-corrected chi connectivity index (χ2v) is 6.52. The van der Waals surface area contributed by atoms with E-state index in [2.05, 4.69) is 16.0 Å². The maximum Gasteiger partial charge on any atom is 0.270 e. The molecule has 0 bridgehead atoms. The number of para-hydroxylation sites is 1. The normalized spacial score (nSPS) is 25.8. The first kappa shape index (κ1) is 12.9. The van der Waals surface area contributed by atoms with Gasteiger partial charge in [0.15, 0.2) is 0 Å². The van der Waals surface area contributed by atoms with E-state index in [9.17, 15) is 4.79 Å². The van der Waals surface area contributed by atoms with Gasteiger partial charge in [-0.2, -0.15) is 0 Å². The fraction of sp³-hybridized carbons (Fsp3) is 0.500. The molecule has 2 aliphatic rings. The molecule has 1 N–H and O–H groups in total. The van der Waals surface area contributed by atoms with Gasteiger partial charge in [-0.25, -0.2) is 0 Å². The van der Waals surface area contributed by atoms with E-state index in [0.29, 0.717) is 6.04 Å². The van der Waals surface area contributed by atoms with Crippen LogP contribution in [-0.4, -0.2) is 28.4 Å². The smallest absolute Gasteiger partial charge is 0.270 e. The van der Waals surface area contributed by atoms with Gasteiger partial charge in [-0.15, -0.1) is 0 Å². The van der Waals surface area contributed by atoms with E-state index in [1.807, 2.05) is 24.3 Å². The van der Waals surface area contributed by atoms with Crippen LogP contribution in [0.15, 0.2) is 30.3 Å². The SMILES string of the molecule is O=C(c1cc2ccccc2[nH]1)N1CCC[C@H]2CCCC[C@@H]21. The van der Waals surface area contributed by atoms with Crippen LogP contribution >= 0.6 is 0 Å². The number of likely N-dealkylation sites (tertiary alicyclic amines) is 1. The average molecular weight is 282 g/mol. The molecule has 110 valence electrons. The summed E-state index contributed by atoms with van der Waals surface area (Å²) in [5.41, 5.74) is 1.81. The largest absolute Gasteiger partial charge is 0.351 e. The quantitative estimate of drug-likeness (QED) is 0.844. The Morgan fingerprint density at radius 1 is 1.10 bits per heavy atom. The highest BCUT2D eigenvalue weighted by atomic mass is 16.2. The third kappa shape index (κ3) is 2.25. The molecule has 1 saturated heterocycles. The number of carbonyl (C=O) groups is 1. The number of benzene rings is 1. The van der Waals surface area contributed by atoms with E-state index < -0.39 is 0 Å².